The van der Waals surface area contributed by atoms with Gasteiger partial charge in [-0.05, 0) is 60.8 Å². The molecule has 1 aliphatic heterocycles. The molecule has 2 aliphatic carbocycles. The molecule has 0 radical (unpaired) electrons. The van der Waals surface area contributed by atoms with Crippen molar-refractivity contribution >= 4 is 5.78 Å². The maximum Gasteiger partial charge on any atom is 0.161 e. The van der Waals surface area contributed by atoms with Crippen LogP contribution in [0.3, 0.4) is 0 Å². The third-order valence-electron chi connectivity index (χ3n) is 6.87. The van der Waals surface area contributed by atoms with Gasteiger partial charge in [0.1, 0.15) is 0 Å². The number of fused-ring (bicyclic) bond motifs is 2. The van der Waals surface area contributed by atoms with Gasteiger partial charge in [0, 0.05) is 24.2 Å². The summed E-state index contributed by atoms with van der Waals surface area (Å²) in [6.07, 6.45) is 1.58. The summed E-state index contributed by atoms with van der Waals surface area (Å²) >= 11 is 0. The molecule has 1 heterocycles. The summed E-state index contributed by atoms with van der Waals surface area (Å²) in [6, 6.07) is 3.94. The Morgan fingerprint density at radius 2 is 2.08 bits per heavy atom. The molecule has 2 saturated carbocycles. The first-order valence-corrected chi connectivity index (χ1v) is 9.17. The Balaban J connectivity index is 1.71. The molecule has 25 heavy (non-hydrogen) atoms. The zero-order valence-electron chi connectivity index (χ0n) is 15.7. The Morgan fingerprint density at radius 1 is 1.36 bits per heavy atom. The average Bonchev–Trinajstić information content (AvgIpc) is 2.91. The summed E-state index contributed by atoms with van der Waals surface area (Å²) in [6.45, 7) is 9.73. The summed E-state index contributed by atoms with van der Waals surface area (Å²) in [5.74, 6) is 2.02. The van der Waals surface area contributed by atoms with Crippen LogP contribution in [-0.4, -0.2) is 29.4 Å². The van der Waals surface area contributed by atoms with Crippen LogP contribution in [0.1, 0.15) is 51.3 Å². The second-order valence-electron chi connectivity index (χ2n) is 8.37. The zero-order chi connectivity index (χ0) is 18.1. The van der Waals surface area contributed by atoms with Crippen LogP contribution in [0.2, 0.25) is 0 Å². The van der Waals surface area contributed by atoms with Crippen molar-refractivity contribution in [2.45, 2.75) is 46.6 Å². The van der Waals surface area contributed by atoms with Crippen LogP contribution in [0.5, 0.6) is 11.5 Å². The monoisotopic (exact) mass is 341 g/mol. The van der Waals surface area contributed by atoms with Gasteiger partial charge in [-0.2, -0.15) is 0 Å². The number of allylic oxidation sites excluding steroid dienone is 2. The van der Waals surface area contributed by atoms with Crippen molar-refractivity contribution in [2.24, 2.45) is 17.3 Å². The number of rotatable bonds is 2. The van der Waals surface area contributed by atoms with Crippen LogP contribution >= 0.6 is 0 Å². The van der Waals surface area contributed by atoms with E-state index in [-0.39, 0.29) is 17.2 Å². The predicted molar refractivity (Wildman–Crippen MR) is 96.6 cm³/mol. The molecule has 2 fully saturated rings. The fraction of sp³-hybridized carbons (Fsp3) is 0.571. The quantitative estimate of drug-likeness (QED) is 0.831. The van der Waals surface area contributed by atoms with E-state index in [9.17, 15) is 9.90 Å². The van der Waals surface area contributed by atoms with Gasteiger partial charge in [-0.15, -0.1) is 0 Å². The van der Waals surface area contributed by atoms with Crippen LogP contribution < -0.4 is 4.74 Å². The van der Waals surface area contributed by atoms with E-state index < -0.39 is 0 Å². The maximum atomic E-state index is 12.5. The van der Waals surface area contributed by atoms with E-state index >= 15 is 0 Å². The number of ketones is 1. The van der Waals surface area contributed by atoms with Gasteiger partial charge < -0.3 is 14.7 Å². The highest BCUT2D eigenvalue weighted by atomic mass is 16.5. The first-order chi connectivity index (χ1) is 11.8. The number of phenols is 1. The van der Waals surface area contributed by atoms with Crippen LogP contribution in [-0.2, 0) is 11.2 Å². The fourth-order valence-electron chi connectivity index (χ4n) is 5.22. The molecule has 134 valence electrons. The smallest absolute Gasteiger partial charge is 0.161 e. The maximum absolute atomic E-state index is 12.5. The van der Waals surface area contributed by atoms with E-state index in [2.05, 4.69) is 32.6 Å². The molecule has 3 aliphatic rings. The van der Waals surface area contributed by atoms with E-state index in [1.165, 1.54) is 11.1 Å². The molecule has 0 bridgehead atoms. The largest absolute Gasteiger partial charge is 0.504 e. The van der Waals surface area contributed by atoms with E-state index in [0.717, 1.165) is 24.2 Å². The summed E-state index contributed by atoms with van der Waals surface area (Å²) in [4.78, 5) is 14.9. The third kappa shape index (κ3) is 2.22. The van der Waals surface area contributed by atoms with Crippen molar-refractivity contribution in [1.82, 2.24) is 4.90 Å². The van der Waals surface area contributed by atoms with Gasteiger partial charge in [-0.3, -0.25) is 4.79 Å². The lowest BCUT2D eigenvalue weighted by molar-refractivity contribution is -0.115. The number of aromatic hydroxyl groups is 1. The molecule has 0 spiro atoms. The molecule has 3 atom stereocenters. The van der Waals surface area contributed by atoms with Crippen LogP contribution in [0.4, 0.5) is 0 Å². The fourth-order valence-corrected chi connectivity index (χ4v) is 5.22. The Bertz CT molecular complexity index is 793. The van der Waals surface area contributed by atoms with Crippen LogP contribution in [0.15, 0.2) is 23.4 Å². The van der Waals surface area contributed by atoms with Crippen molar-refractivity contribution in [3.63, 3.8) is 0 Å². The van der Waals surface area contributed by atoms with Crippen LogP contribution in [0.25, 0.3) is 0 Å². The summed E-state index contributed by atoms with van der Waals surface area (Å²) < 4.78 is 5.29. The normalized spacial score (nSPS) is 31.5. The molecule has 1 N–H and O–H groups in total. The number of benzene rings is 1. The van der Waals surface area contributed by atoms with Crippen molar-refractivity contribution in [3.8, 4) is 11.5 Å². The highest BCUT2D eigenvalue weighted by molar-refractivity contribution is 6.01. The Morgan fingerprint density at radius 3 is 2.72 bits per heavy atom. The number of Topliss-reactive ketones (excluding diaryl/α,β-unsaturated/α-hetero) is 1. The number of carbonyl (C=O) groups is 1. The van der Waals surface area contributed by atoms with Crippen molar-refractivity contribution < 1.29 is 14.6 Å². The first kappa shape index (κ1) is 16.5. The van der Waals surface area contributed by atoms with Gasteiger partial charge in [0.2, 0.25) is 0 Å². The van der Waals surface area contributed by atoms with Crippen molar-refractivity contribution in [1.29, 1.82) is 0 Å². The van der Waals surface area contributed by atoms with E-state index in [0.29, 0.717) is 29.8 Å². The molecular weight excluding hydrogens is 314 g/mol. The van der Waals surface area contributed by atoms with Gasteiger partial charge in [-0.25, -0.2) is 0 Å². The summed E-state index contributed by atoms with van der Waals surface area (Å²) in [5, 5.41) is 10.0. The zero-order valence-corrected chi connectivity index (χ0v) is 15.7. The molecule has 0 aromatic heterocycles. The minimum atomic E-state index is 0.166. The average molecular weight is 341 g/mol. The predicted octanol–water partition coefficient (Wildman–Crippen LogP) is 3.84. The van der Waals surface area contributed by atoms with Gasteiger partial charge in [-0.1, -0.05) is 13.8 Å². The van der Waals surface area contributed by atoms with E-state index in [1.807, 2.05) is 12.1 Å². The molecule has 0 amide bonds. The van der Waals surface area contributed by atoms with Gasteiger partial charge in [0.25, 0.3) is 0 Å². The highest BCUT2D eigenvalue weighted by Gasteiger charge is 2.65. The molecule has 0 unspecified atom stereocenters. The number of phenolic OH excluding ortho intramolecular Hbond substituents is 1. The Labute approximate surface area is 149 Å². The topological polar surface area (TPSA) is 49.8 Å². The first-order valence-electron chi connectivity index (χ1n) is 9.17. The van der Waals surface area contributed by atoms with Gasteiger partial charge >= 0.3 is 0 Å². The number of ether oxygens (including phenoxy) is 1. The molecule has 1 aromatic carbocycles. The molecule has 1 aromatic rings. The van der Waals surface area contributed by atoms with Crippen molar-refractivity contribution in [2.75, 3.05) is 13.7 Å². The molecular formula is C21H27NO3. The van der Waals surface area contributed by atoms with Crippen molar-refractivity contribution in [3.05, 3.63) is 34.5 Å². The SMILES string of the molecule is COc1cc2c(cc1O)CCN(/C(C)=C1\C(=O)C[C@H]3[C@H]1C3(C)C)[C@@H]2C. The molecule has 0 saturated heterocycles. The number of nitrogens with zero attached hydrogens (tertiary/aromatic N) is 1. The minimum absolute atomic E-state index is 0.166. The van der Waals surface area contributed by atoms with Gasteiger partial charge in [0.15, 0.2) is 17.3 Å². The summed E-state index contributed by atoms with van der Waals surface area (Å²) in [7, 11) is 1.58. The number of hydrogen-bond donors (Lipinski definition) is 1. The minimum Gasteiger partial charge on any atom is -0.504 e. The second-order valence-corrected chi connectivity index (χ2v) is 8.37. The lowest BCUT2D eigenvalue weighted by atomic mass is 9.90. The molecule has 4 heteroatoms. The molecule has 4 rings (SSSR count). The van der Waals surface area contributed by atoms with Crippen LogP contribution in [0, 0.1) is 17.3 Å². The highest BCUT2D eigenvalue weighted by Crippen LogP contribution is 2.68. The molecule has 4 nitrogen and oxygen atoms in total. The lowest BCUT2D eigenvalue weighted by Gasteiger charge is -2.39. The Kier molecular flexibility index (Phi) is 3.47. The summed E-state index contributed by atoms with van der Waals surface area (Å²) in [5.41, 5.74) is 4.83. The van der Waals surface area contributed by atoms with E-state index in [4.69, 9.17) is 4.74 Å². The number of methoxy groups -OCH3 is 1. The standard InChI is InChI=1S/C21H27NO3/c1-11-14-9-18(25-5)16(23)8-13(14)6-7-22(11)12(2)19-17(24)10-15-20(19)21(15,3)4/h8-9,11,15,20,23H,6-7,10H2,1-5H3/b19-12+/t11-,15+,20-/m1/s1. The van der Waals surface area contributed by atoms with Gasteiger partial charge in [0.05, 0.1) is 13.2 Å². The third-order valence-corrected chi connectivity index (χ3v) is 6.87. The Hall–Kier alpha value is -1.97. The van der Waals surface area contributed by atoms with E-state index in [1.54, 1.807) is 7.11 Å². The second kappa shape index (κ2) is 5.26. The number of hydrogen-bond acceptors (Lipinski definition) is 4. The lowest BCUT2D eigenvalue weighted by Crippen LogP contribution is -2.34. The number of carbonyl (C=O) groups excluding carboxylic acids is 1.